The van der Waals surface area contributed by atoms with Crippen LogP contribution >= 0.6 is 0 Å². The Kier molecular flexibility index (Phi) is 4.34. The molecular weight excluding hydrogens is 202 g/mol. The second-order valence-electron chi connectivity index (χ2n) is 4.64. The quantitative estimate of drug-likeness (QED) is 0.590. The summed E-state index contributed by atoms with van der Waals surface area (Å²) in [7, 11) is 1.77. The average Bonchev–Trinajstić information content (AvgIpc) is 2.67. The predicted octanol–water partition coefficient (Wildman–Crippen LogP) is 0.847. The van der Waals surface area contributed by atoms with E-state index in [1.54, 1.807) is 13.2 Å². The van der Waals surface area contributed by atoms with E-state index in [1.165, 1.54) is 0 Å². The molecule has 0 unspecified atom stereocenters. The maximum atomic E-state index is 4.16. The van der Waals surface area contributed by atoms with Crippen molar-refractivity contribution < 1.29 is 0 Å². The van der Waals surface area contributed by atoms with Crippen LogP contribution in [-0.4, -0.2) is 34.9 Å². The first-order chi connectivity index (χ1) is 7.51. The Bertz CT molecular complexity index is 321. The molecule has 0 bridgehead atoms. The summed E-state index contributed by atoms with van der Waals surface area (Å²) in [6.07, 6.45) is 3.73. The van der Waals surface area contributed by atoms with Crippen molar-refractivity contribution >= 4 is 5.96 Å². The van der Waals surface area contributed by atoms with Crippen molar-refractivity contribution in [2.45, 2.75) is 32.9 Å². The van der Waals surface area contributed by atoms with Gasteiger partial charge in [0.2, 0.25) is 0 Å². The first-order valence-corrected chi connectivity index (χ1v) is 5.47. The van der Waals surface area contributed by atoms with Crippen molar-refractivity contribution in [3.8, 4) is 0 Å². The fraction of sp³-hybridized carbons (Fsp3) is 0.636. The molecule has 0 atom stereocenters. The molecule has 0 aromatic carbocycles. The number of hydrogen-bond donors (Lipinski definition) is 2. The summed E-state index contributed by atoms with van der Waals surface area (Å²) < 4.78 is 1.89. The smallest absolute Gasteiger partial charge is 0.191 e. The third kappa shape index (κ3) is 4.82. The lowest BCUT2D eigenvalue weighted by Crippen LogP contribution is -2.48. The third-order valence-electron chi connectivity index (χ3n) is 1.91. The lowest BCUT2D eigenvalue weighted by molar-refractivity contribution is 0.497. The van der Waals surface area contributed by atoms with Crippen LogP contribution in [0.5, 0.6) is 0 Å². The summed E-state index contributed by atoms with van der Waals surface area (Å²) in [5.41, 5.74) is 0.0214. The van der Waals surface area contributed by atoms with Crippen molar-refractivity contribution in [2.24, 2.45) is 4.99 Å². The lowest BCUT2D eigenvalue weighted by atomic mass is 10.1. The minimum atomic E-state index is 0.0214. The molecule has 0 aliphatic carbocycles. The highest BCUT2D eigenvalue weighted by molar-refractivity contribution is 5.80. The SMILES string of the molecule is CN=C(NCCn1cccn1)NC(C)(C)C. The third-order valence-corrected chi connectivity index (χ3v) is 1.91. The maximum Gasteiger partial charge on any atom is 0.191 e. The topological polar surface area (TPSA) is 54.2 Å². The molecule has 0 radical (unpaired) electrons. The van der Waals surface area contributed by atoms with E-state index in [-0.39, 0.29) is 5.54 Å². The summed E-state index contributed by atoms with van der Waals surface area (Å²) in [5, 5.41) is 10.7. The van der Waals surface area contributed by atoms with Gasteiger partial charge in [0, 0.05) is 31.5 Å². The summed E-state index contributed by atoms with van der Waals surface area (Å²) in [4.78, 5) is 4.16. The van der Waals surface area contributed by atoms with Gasteiger partial charge in [0.25, 0.3) is 0 Å². The number of guanidine groups is 1. The first kappa shape index (κ1) is 12.5. The fourth-order valence-corrected chi connectivity index (χ4v) is 1.26. The molecule has 0 saturated carbocycles. The van der Waals surface area contributed by atoms with Crippen LogP contribution < -0.4 is 10.6 Å². The zero-order valence-electron chi connectivity index (χ0n) is 10.5. The minimum Gasteiger partial charge on any atom is -0.355 e. The molecule has 5 nitrogen and oxygen atoms in total. The monoisotopic (exact) mass is 223 g/mol. The van der Waals surface area contributed by atoms with Crippen molar-refractivity contribution in [3.63, 3.8) is 0 Å². The van der Waals surface area contributed by atoms with Gasteiger partial charge in [-0.2, -0.15) is 5.10 Å². The Morgan fingerprint density at radius 3 is 2.69 bits per heavy atom. The standard InChI is InChI=1S/C11H21N5/c1-11(2,3)15-10(12-4)13-7-9-16-8-5-6-14-16/h5-6,8H,7,9H2,1-4H3,(H2,12,13,15). The summed E-state index contributed by atoms with van der Waals surface area (Å²) in [6.45, 7) is 7.95. The maximum absolute atomic E-state index is 4.16. The van der Waals surface area contributed by atoms with Gasteiger partial charge in [-0.25, -0.2) is 0 Å². The van der Waals surface area contributed by atoms with Crippen LogP contribution in [0.3, 0.4) is 0 Å². The Balaban J connectivity index is 2.30. The predicted molar refractivity (Wildman–Crippen MR) is 66.5 cm³/mol. The van der Waals surface area contributed by atoms with E-state index in [9.17, 15) is 0 Å². The molecule has 0 spiro atoms. The van der Waals surface area contributed by atoms with Crippen LogP contribution in [0.25, 0.3) is 0 Å². The molecule has 1 heterocycles. The molecule has 1 rings (SSSR count). The molecule has 1 aromatic heterocycles. The number of nitrogens with one attached hydrogen (secondary N) is 2. The number of aliphatic imine (C=N–C) groups is 1. The summed E-state index contributed by atoms with van der Waals surface area (Å²) in [5.74, 6) is 0.819. The summed E-state index contributed by atoms with van der Waals surface area (Å²) in [6, 6.07) is 1.92. The van der Waals surface area contributed by atoms with Gasteiger partial charge in [-0.05, 0) is 26.8 Å². The van der Waals surface area contributed by atoms with Gasteiger partial charge in [0.1, 0.15) is 0 Å². The normalized spacial score (nSPS) is 12.6. The zero-order valence-corrected chi connectivity index (χ0v) is 10.5. The Hall–Kier alpha value is -1.52. The van der Waals surface area contributed by atoms with Crippen LogP contribution in [0.1, 0.15) is 20.8 Å². The molecule has 0 aliphatic heterocycles. The summed E-state index contributed by atoms with van der Waals surface area (Å²) >= 11 is 0. The molecule has 0 fully saturated rings. The van der Waals surface area contributed by atoms with E-state index in [0.29, 0.717) is 0 Å². The number of rotatable bonds is 3. The molecule has 90 valence electrons. The molecule has 16 heavy (non-hydrogen) atoms. The van der Waals surface area contributed by atoms with E-state index in [4.69, 9.17) is 0 Å². The Morgan fingerprint density at radius 1 is 1.44 bits per heavy atom. The van der Waals surface area contributed by atoms with Crippen LogP contribution in [0.15, 0.2) is 23.5 Å². The fourth-order valence-electron chi connectivity index (χ4n) is 1.26. The Labute approximate surface area is 97.0 Å². The molecule has 0 amide bonds. The Morgan fingerprint density at radius 2 is 2.19 bits per heavy atom. The van der Waals surface area contributed by atoms with E-state index in [2.05, 4.69) is 41.5 Å². The molecule has 0 aliphatic rings. The highest BCUT2D eigenvalue weighted by Gasteiger charge is 2.11. The van der Waals surface area contributed by atoms with Gasteiger partial charge in [-0.15, -0.1) is 0 Å². The van der Waals surface area contributed by atoms with Crippen LogP contribution in [0, 0.1) is 0 Å². The van der Waals surface area contributed by atoms with Gasteiger partial charge in [-0.3, -0.25) is 9.67 Å². The van der Waals surface area contributed by atoms with Crippen LogP contribution in [0.4, 0.5) is 0 Å². The molecule has 1 aromatic rings. The second kappa shape index (κ2) is 5.53. The van der Waals surface area contributed by atoms with Gasteiger partial charge in [0.05, 0.1) is 6.54 Å². The van der Waals surface area contributed by atoms with Gasteiger partial charge < -0.3 is 10.6 Å². The van der Waals surface area contributed by atoms with Crippen molar-refractivity contribution in [2.75, 3.05) is 13.6 Å². The number of hydrogen-bond acceptors (Lipinski definition) is 2. The zero-order chi connectivity index (χ0) is 12.0. The average molecular weight is 223 g/mol. The van der Waals surface area contributed by atoms with Crippen LogP contribution in [-0.2, 0) is 6.54 Å². The minimum absolute atomic E-state index is 0.0214. The van der Waals surface area contributed by atoms with Crippen molar-refractivity contribution in [1.29, 1.82) is 0 Å². The van der Waals surface area contributed by atoms with Crippen molar-refractivity contribution in [1.82, 2.24) is 20.4 Å². The second-order valence-corrected chi connectivity index (χ2v) is 4.64. The molecule has 5 heteroatoms. The van der Waals surface area contributed by atoms with E-state index >= 15 is 0 Å². The molecule has 2 N–H and O–H groups in total. The van der Waals surface area contributed by atoms with E-state index in [1.807, 2.05) is 16.9 Å². The van der Waals surface area contributed by atoms with E-state index in [0.717, 1.165) is 19.0 Å². The number of nitrogens with zero attached hydrogens (tertiary/aromatic N) is 3. The van der Waals surface area contributed by atoms with Crippen LogP contribution in [0.2, 0.25) is 0 Å². The number of aromatic nitrogens is 2. The lowest BCUT2D eigenvalue weighted by Gasteiger charge is -2.23. The van der Waals surface area contributed by atoms with Crippen molar-refractivity contribution in [3.05, 3.63) is 18.5 Å². The highest BCUT2D eigenvalue weighted by Crippen LogP contribution is 1.97. The van der Waals surface area contributed by atoms with Gasteiger partial charge in [0.15, 0.2) is 5.96 Å². The molecular formula is C11H21N5. The van der Waals surface area contributed by atoms with Gasteiger partial charge in [-0.1, -0.05) is 0 Å². The van der Waals surface area contributed by atoms with E-state index < -0.39 is 0 Å². The first-order valence-electron chi connectivity index (χ1n) is 5.47. The molecule has 0 saturated heterocycles. The van der Waals surface area contributed by atoms with Gasteiger partial charge >= 0.3 is 0 Å². The largest absolute Gasteiger partial charge is 0.355 e. The highest BCUT2D eigenvalue weighted by atomic mass is 15.3.